The van der Waals surface area contributed by atoms with Crippen LogP contribution in [0.2, 0.25) is 0 Å². The molecule has 214 valence electrons. The number of carbonyl (C=O) groups is 4. The summed E-state index contributed by atoms with van der Waals surface area (Å²) < 4.78 is 32.6. The van der Waals surface area contributed by atoms with Gasteiger partial charge in [0.25, 0.3) is 5.69 Å². The van der Waals surface area contributed by atoms with Gasteiger partial charge in [0.2, 0.25) is 21.8 Å². The van der Waals surface area contributed by atoms with Crippen molar-refractivity contribution in [2.75, 3.05) is 39.2 Å². The third-order valence-electron chi connectivity index (χ3n) is 6.29. The molecule has 2 amide bonds. The van der Waals surface area contributed by atoms with Gasteiger partial charge in [-0.05, 0) is 42.8 Å². The summed E-state index contributed by atoms with van der Waals surface area (Å²) in [6, 6.07) is 9.18. The molecule has 0 N–H and O–H groups in total. The molecule has 1 aliphatic rings. The first-order valence-electron chi connectivity index (χ1n) is 11.9. The zero-order chi connectivity index (χ0) is 29.8. The van der Waals surface area contributed by atoms with Crippen LogP contribution in [0.5, 0.6) is 0 Å². The Morgan fingerprint density at radius 1 is 1.07 bits per heavy atom. The third kappa shape index (κ3) is 6.84. The third-order valence-corrected chi connectivity index (χ3v) is 9.18. The van der Waals surface area contributed by atoms with Crippen LogP contribution >= 0.6 is 11.8 Å². The number of carbonyl (C=O) groups excluding carboxylic acids is 4. The summed E-state index contributed by atoms with van der Waals surface area (Å²) in [6.07, 6.45) is 0.0403. The fourth-order valence-electron chi connectivity index (χ4n) is 4.18. The van der Waals surface area contributed by atoms with Gasteiger partial charge in [0.05, 0.1) is 29.0 Å². The van der Waals surface area contributed by atoms with Crippen molar-refractivity contribution in [2.45, 2.75) is 29.5 Å². The Labute approximate surface area is 235 Å². The molecule has 1 aliphatic heterocycles. The van der Waals surface area contributed by atoms with Crippen molar-refractivity contribution in [1.29, 1.82) is 0 Å². The number of amides is 2. The van der Waals surface area contributed by atoms with Crippen LogP contribution in [0.15, 0.2) is 53.4 Å². The van der Waals surface area contributed by atoms with E-state index in [0.717, 1.165) is 45.2 Å². The van der Waals surface area contributed by atoms with Gasteiger partial charge in [-0.3, -0.25) is 24.5 Å². The average Bonchev–Trinajstić information content (AvgIpc) is 3.35. The molecular weight excluding hydrogens is 564 g/mol. The van der Waals surface area contributed by atoms with E-state index in [1.807, 2.05) is 0 Å². The van der Waals surface area contributed by atoms with Crippen LogP contribution in [-0.4, -0.2) is 91.0 Å². The van der Waals surface area contributed by atoms with Crippen LogP contribution in [0.4, 0.5) is 11.4 Å². The smallest absolute Gasteiger partial charge is 0.337 e. The van der Waals surface area contributed by atoms with Gasteiger partial charge >= 0.3 is 5.97 Å². The topological polar surface area (TPSA) is 165 Å². The van der Waals surface area contributed by atoms with E-state index in [2.05, 4.69) is 4.74 Å². The summed E-state index contributed by atoms with van der Waals surface area (Å²) in [6.45, 7) is 0.835. The number of methoxy groups -OCH3 is 1. The van der Waals surface area contributed by atoms with Crippen molar-refractivity contribution >= 4 is 56.1 Å². The molecule has 2 unspecified atom stereocenters. The summed E-state index contributed by atoms with van der Waals surface area (Å²) in [5, 5.41) is 10.2. The van der Waals surface area contributed by atoms with Gasteiger partial charge in [0.1, 0.15) is 6.04 Å². The van der Waals surface area contributed by atoms with Gasteiger partial charge in [0, 0.05) is 50.6 Å². The molecule has 13 nitrogen and oxygen atoms in total. The molecule has 0 saturated carbocycles. The summed E-state index contributed by atoms with van der Waals surface area (Å²) in [4.78, 5) is 62.3. The summed E-state index contributed by atoms with van der Waals surface area (Å²) in [5.41, 5.74) is 0.466. The maximum Gasteiger partial charge on any atom is 0.337 e. The molecule has 1 fully saturated rings. The molecule has 40 heavy (non-hydrogen) atoms. The van der Waals surface area contributed by atoms with Crippen LogP contribution in [0, 0.1) is 10.1 Å². The van der Waals surface area contributed by atoms with Gasteiger partial charge in [-0.2, -0.15) is 4.31 Å². The number of likely N-dealkylation sites (N-methyl/N-ethyl adjacent to an activating group) is 2. The number of benzene rings is 2. The molecule has 0 bridgehead atoms. The first-order valence-corrected chi connectivity index (χ1v) is 14.2. The Hall–Kier alpha value is -3.82. The number of nitro groups is 1. The molecule has 0 aromatic heterocycles. The van der Waals surface area contributed by atoms with Gasteiger partial charge in [-0.25, -0.2) is 13.2 Å². The van der Waals surface area contributed by atoms with E-state index >= 15 is 0 Å². The number of esters is 1. The zero-order valence-electron chi connectivity index (χ0n) is 22.2. The van der Waals surface area contributed by atoms with Crippen LogP contribution in [-0.2, 0) is 29.1 Å². The Kier molecular flexibility index (Phi) is 9.65. The molecule has 15 heteroatoms. The number of anilines is 1. The predicted octanol–water partition coefficient (Wildman–Crippen LogP) is 1.91. The van der Waals surface area contributed by atoms with Crippen LogP contribution in [0.25, 0.3) is 0 Å². The summed E-state index contributed by atoms with van der Waals surface area (Å²) >= 11 is 0.924. The molecule has 1 heterocycles. The van der Waals surface area contributed by atoms with E-state index in [1.165, 1.54) is 45.2 Å². The van der Waals surface area contributed by atoms with Gasteiger partial charge in [-0.15, -0.1) is 0 Å². The van der Waals surface area contributed by atoms with Gasteiger partial charge < -0.3 is 14.5 Å². The van der Waals surface area contributed by atoms with Crippen molar-refractivity contribution in [3.8, 4) is 0 Å². The molecule has 2 aromatic carbocycles. The fourth-order valence-corrected chi connectivity index (χ4v) is 6.89. The van der Waals surface area contributed by atoms with E-state index in [-0.39, 0.29) is 35.2 Å². The lowest BCUT2D eigenvalue weighted by Gasteiger charge is -2.28. The summed E-state index contributed by atoms with van der Waals surface area (Å²) in [7, 11) is -0.155. The van der Waals surface area contributed by atoms with Crippen LogP contribution in [0.3, 0.4) is 0 Å². The highest BCUT2D eigenvalue weighted by atomic mass is 32.2. The number of hydrogen-bond acceptors (Lipinski definition) is 10. The first kappa shape index (κ1) is 30.7. The molecule has 2 atom stereocenters. The number of nitrogens with zero attached hydrogens (tertiary/aromatic N) is 4. The normalized spacial score (nSPS) is 17.2. The second-order valence-corrected chi connectivity index (χ2v) is 12.4. The van der Waals surface area contributed by atoms with Crippen molar-refractivity contribution in [3.63, 3.8) is 0 Å². The monoisotopic (exact) mass is 592 g/mol. The van der Waals surface area contributed by atoms with E-state index in [1.54, 1.807) is 12.1 Å². The number of rotatable bonds is 9. The second-order valence-electron chi connectivity index (χ2n) is 8.99. The van der Waals surface area contributed by atoms with E-state index < -0.39 is 44.0 Å². The fraction of sp³-hybridized carbons (Fsp3) is 0.360. The Morgan fingerprint density at radius 2 is 1.68 bits per heavy atom. The summed E-state index contributed by atoms with van der Waals surface area (Å²) in [5.74, 6) is -1.64. The Balaban J connectivity index is 1.79. The molecule has 0 radical (unpaired) electrons. The van der Waals surface area contributed by atoms with Crippen molar-refractivity contribution in [2.24, 2.45) is 0 Å². The standard InChI is InChI=1S/C25H28N4O9S2/c1-16(30)39-20-13-22(28(14-20)40(36,37)21-11-9-19(10-12-21)29(34)35)24(32)26(2)15-23(31)27(3)18-7-5-17(6-8-18)25(33)38-4/h5-12,20,22H,13-15H2,1-4H3. The van der Waals surface area contributed by atoms with Gasteiger partial charge in [0.15, 0.2) is 5.12 Å². The maximum atomic E-state index is 13.5. The maximum absolute atomic E-state index is 13.5. The molecule has 2 aromatic rings. The van der Waals surface area contributed by atoms with Crippen LogP contribution in [0.1, 0.15) is 23.7 Å². The van der Waals surface area contributed by atoms with E-state index in [0.29, 0.717) is 11.3 Å². The number of sulfonamides is 1. The zero-order valence-corrected chi connectivity index (χ0v) is 23.8. The minimum atomic E-state index is -4.27. The van der Waals surface area contributed by atoms with E-state index in [9.17, 15) is 37.7 Å². The minimum Gasteiger partial charge on any atom is -0.465 e. The number of hydrogen-bond donors (Lipinski definition) is 0. The molecule has 0 aliphatic carbocycles. The lowest BCUT2D eigenvalue weighted by atomic mass is 10.2. The van der Waals surface area contributed by atoms with Gasteiger partial charge in [-0.1, -0.05) is 11.8 Å². The largest absolute Gasteiger partial charge is 0.465 e. The van der Waals surface area contributed by atoms with Crippen molar-refractivity contribution < 1.29 is 37.3 Å². The number of non-ortho nitro benzene ring substituents is 1. The lowest BCUT2D eigenvalue weighted by molar-refractivity contribution is -0.384. The highest BCUT2D eigenvalue weighted by Crippen LogP contribution is 2.34. The van der Waals surface area contributed by atoms with E-state index in [4.69, 9.17) is 0 Å². The predicted molar refractivity (Wildman–Crippen MR) is 146 cm³/mol. The highest BCUT2D eigenvalue weighted by Gasteiger charge is 2.45. The second kappa shape index (κ2) is 12.6. The molecule has 0 spiro atoms. The molecular formula is C25H28N4O9S2. The number of nitro benzene ring substituents is 1. The van der Waals surface area contributed by atoms with Crippen molar-refractivity contribution in [1.82, 2.24) is 9.21 Å². The van der Waals surface area contributed by atoms with Crippen molar-refractivity contribution in [3.05, 3.63) is 64.2 Å². The molecule has 3 rings (SSSR count). The Bertz CT molecular complexity index is 1410. The number of thioether (sulfide) groups is 1. The quantitative estimate of drug-likeness (QED) is 0.239. The highest BCUT2D eigenvalue weighted by molar-refractivity contribution is 8.14. The lowest BCUT2D eigenvalue weighted by Crippen LogP contribution is -2.49. The minimum absolute atomic E-state index is 0.0403. The first-order chi connectivity index (χ1) is 18.8. The van der Waals surface area contributed by atoms with Crippen LogP contribution < -0.4 is 4.90 Å². The Morgan fingerprint density at radius 3 is 2.20 bits per heavy atom. The molecule has 1 saturated heterocycles. The SMILES string of the molecule is COC(=O)c1ccc(N(C)C(=O)CN(C)C(=O)C2CC(SC(C)=O)CN2S(=O)(=O)c2ccc([N+](=O)[O-])cc2)cc1. The number of ether oxygens (including phenoxy) is 1. The average molecular weight is 593 g/mol.